The lowest BCUT2D eigenvalue weighted by Crippen LogP contribution is -2.53. The van der Waals surface area contributed by atoms with E-state index in [4.69, 9.17) is 0 Å². The van der Waals surface area contributed by atoms with E-state index in [0.29, 0.717) is 5.41 Å². The minimum absolute atomic E-state index is 0.689. The third-order valence-corrected chi connectivity index (χ3v) is 9.12. The second-order valence-electron chi connectivity index (χ2n) is 12.8. The highest BCUT2D eigenvalue weighted by Crippen LogP contribution is 2.35. The van der Waals surface area contributed by atoms with E-state index in [1.165, 1.54) is 206 Å². The summed E-state index contributed by atoms with van der Waals surface area (Å²) in [6.45, 7) is 7.24. The summed E-state index contributed by atoms with van der Waals surface area (Å²) in [7, 11) is 0. The molecule has 1 rings (SSSR count). The third kappa shape index (κ3) is 21.0. The molecule has 0 spiro atoms. The molecule has 0 amide bonds. The predicted octanol–water partition coefficient (Wildman–Crippen LogP) is 12.3. The van der Waals surface area contributed by atoms with Gasteiger partial charge < -0.3 is 5.32 Å². The molecule has 1 aliphatic heterocycles. The molecule has 1 N–H and O–H groups in total. The van der Waals surface area contributed by atoms with Crippen molar-refractivity contribution in [3.63, 3.8) is 0 Å². The smallest absolute Gasteiger partial charge is 0.00202 e. The molecule has 0 bridgehead atoms. The van der Waals surface area contributed by atoms with Crippen molar-refractivity contribution < 1.29 is 0 Å². The van der Waals surface area contributed by atoms with E-state index in [2.05, 4.69) is 19.2 Å². The van der Waals surface area contributed by atoms with Gasteiger partial charge in [0.25, 0.3) is 0 Å². The van der Waals surface area contributed by atoms with Crippen molar-refractivity contribution in [1.82, 2.24) is 5.32 Å². The first kappa shape index (κ1) is 34.0. The van der Waals surface area contributed by atoms with Crippen LogP contribution in [0.1, 0.15) is 206 Å². The molecule has 0 aromatic rings. The number of unbranched alkanes of at least 4 members (excludes halogenated alkanes) is 26. The maximum Gasteiger partial charge on any atom is 0.00202 e. The van der Waals surface area contributed by atoms with Crippen LogP contribution in [0.15, 0.2) is 0 Å². The van der Waals surface area contributed by atoms with Crippen molar-refractivity contribution in [2.75, 3.05) is 13.1 Å². The molecule has 1 heteroatoms. The van der Waals surface area contributed by atoms with E-state index < -0.39 is 0 Å². The van der Waals surface area contributed by atoms with Gasteiger partial charge in [-0.15, -0.1) is 0 Å². The Hall–Kier alpha value is -0.0400. The highest BCUT2D eigenvalue weighted by Gasteiger charge is 2.35. The zero-order valence-electron chi connectivity index (χ0n) is 25.6. The van der Waals surface area contributed by atoms with Gasteiger partial charge in [0.1, 0.15) is 0 Å². The zero-order valence-corrected chi connectivity index (χ0v) is 25.6. The zero-order chi connectivity index (χ0) is 25.8. The van der Waals surface area contributed by atoms with Crippen LogP contribution >= 0.6 is 0 Å². The molecule has 0 saturated carbocycles. The lowest BCUT2D eigenvalue weighted by molar-refractivity contribution is 0.128. The van der Waals surface area contributed by atoms with Gasteiger partial charge in [-0.2, -0.15) is 0 Å². The van der Waals surface area contributed by atoms with Crippen molar-refractivity contribution >= 4 is 0 Å². The van der Waals surface area contributed by atoms with Crippen LogP contribution in [-0.4, -0.2) is 13.1 Å². The molecule has 0 radical (unpaired) electrons. The second-order valence-corrected chi connectivity index (χ2v) is 12.8. The molecule has 36 heavy (non-hydrogen) atoms. The first-order chi connectivity index (χ1) is 17.8. The summed E-state index contributed by atoms with van der Waals surface area (Å²) in [5.41, 5.74) is 0.689. The topological polar surface area (TPSA) is 12.0 Å². The molecule has 0 aliphatic carbocycles. The molecule has 0 unspecified atom stereocenters. The van der Waals surface area contributed by atoms with Crippen LogP contribution in [0.5, 0.6) is 0 Å². The van der Waals surface area contributed by atoms with Gasteiger partial charge in [-0.05, 0) is 18.3 Å². The predicted molar refractivity (Wildman–Crippen MR) is 165 cm³/mol. The van der Waals surface area contributed by atoms with Crippen molar-refractivity contribution in [3.8, 4) is 0 Å². The van der Waals surface area contributed by atoms with E-state index in [0.717, 1.165) is 0 Å². The fraction of sp³-hybridized carbons (Fsp3) is 1.00. The molecule has 0 aromatic heterocycles. The molecule has 0 aromatic carbocycles. The Labute approximate surface area is 230 Å². The van der Waals surface area contributed by atoms with Crippen molar-refractivity contribution in [2.45, 2.75) is 206 Å². The standard InChI is InChI=1S/C35H71N/c1-3-5-7-9-11-13-15-17-19-21-23-25-27-29-31-35(33-36-34-35)32-30-28-26-24-22-20-18-16-14-12-10-8-6-4-2/h36H,3-34H2,1-2H3. The summed E-state index contributed by atoms with van der Waals surface area (Å²) in [5, 5.41) is 3.60. The number of nitrogens with one attached hydrogen (secondary N) is 1. The summed E-state index contributed by atoms with van der Waals surface area (Å²) in [4.78, 5) is 0. The van der Waals surface area contributed by atoms with Gasteiger partial charge in [-0.1, -0.05) is 194 Å². The van der Waals surface area contributed by atoms with E-state index in [1.807, 2.05) is 0 Å². The van der Waals surface area contributed by atoms with Crippen LogP contribution in [0.2, 0.25) is 0 Å². The van der Waals surface area contributed by atoms with Gasteiger partial charge in [0.2, 0.25) is 0 Å². The van der Waals surface area contributed by atoms with Gasteiger partial charge in [0.15, 0.2) is 0 Å². The first-order valence-corrected chi connectivity index (χ1v) is 17.5. The Morgan fingerprint density at radius 2 is 0.556 bits per heavy atom. The highest BCUT2D eigenvalue weighted by molar-refractivity contribution is 4.91. The van der Waals surface area contributed by atoms with Gasteiger partial charge >= 0.3 is 0 Å². The maximum atomic E-state index is 3.60. The molecule has 1 fully saturated rings. The van der Waals surface area contributed by atoms with Gasteiger partial charge in [0.05, 0.1) is 0 Å². The normalized spacial score (nSPS) is 14.8. The Morgan fingerprint density at radius 3 is 0.750 bits per heavy atom. The first-order valence-electron chi connectivity index (χ1n) is 17.5. The Bertz CT molecular complexity index is 379. The molecule has 1 nitrogen and oxygen atoms in total. The molecular weight excluding hydrogens is 434 g/mol. The minimum atomic E-state index is 0.689. The third-order valence-electron chi connectivity index (χ3n) is 9.12. The van der Waals surface area contributed by atoms with E-state index in [9.17, 15) is 0 Å². The average molecular weight is 506 g/mol. The Morgan fingerprint density at radius 1 is 0.333 bits per heavy atom. The monoisotopic (exact) mass is 506 g/mol. The highest BCUT2D eigenvalue weighted by atomic mass is 15.0. The van der Waals surface area contributed by atoms with E-state index >= 15 is 0 Å². The molecular formula is C35H71N. The summed E-state index contributed by atoms with van der Waals surface area (Å²) >= 11 is 0. The molecule has 1 heterocycles. The molecule has 1 aliphatic rings. The molecule has 0 atom stereocenters. The van der Waals surface area contributed by atoms with Crippen molar-refractivity contribution in [3.05, 3.63) is 0 Å². The number of rotatable bonds is 30. The Balaban J connectivity index is 1.81. The lowest BCUT2D eigenvalue weighted by Gasteiger charge is -2.43. The van der Waals surface area contributed by atoms with E-state index in [1.54, 1.807) is 0 Å². The number of hydrogen-bond donors (Lipinski definition) is 1. The average Bonchev–Trinajstić information content (AvgIpc) is 2.86. The summed E-state index contributed by atoms with van der Waals surface area (Å²) in [6.07, 6.45) is 44.2. The van der Waals surface area contributed by atoms with Crippen molar-refractivity contribution in [1.29, 1.82) is 0 Å². The maximum absolute atomic E-state index is 3.60. The fourth-order valence-electron chi connectivity index (χ4n) is 6.35. The van der Waals surface area contributed by atoms with Crippen LogP contribution in [0.3, 0.4) is 0 Å². The quantitative estimate of drug-likeness (QED) is 0.0957. The summed E-state index contributed by atoms with van der Waals surface area (Å²) in [5.74, 6) is 0. The Kier molecular flexibility index (Phi) is 25.1. The second kappa shape index (κ2) is 26.6. The van der Waals surface area contributed by atoms with Gasteiger partial charge in [-0.3, -0.25) is 0 Å². The van der Waals surface area contributed by atoms with Crippen LogP contribution in [0, 0.1) is 5.41 Å². The van der Waals surface area contributed by atoms with E-state index in [-0.39, 0.29) is 0 Å². The largest absolute Gasteiger partial charge is 0.316 e. The molecule has 1 saturated heterocycles. The van der Waals surface area contributed by atoms with Gasteiger partial charge in [-0.25, -0.2) is 0 Å². The number of hydrogen-bond acceptors (Lipinski definition) is 1. The van der Waals surface area contributed by atoms with Crippen LogP contribution in [-0.2, 0) is 0 Å². The minimum Gasteiger partial charge on any atom is -0.316 e. The van der Waals surface area contributed by atoms with Crippen molar-refractivity contribution in [2.24, 2.45) is 5.41 Å². The van der Waals surface area contributed by atoms with Crippen LogP contribution < -0.4 is 5.32 Å². The SMILES string of the molecule is CCCCCCCCCCCCCCCCC1(CCCCCCCCCCCCCCCC)CNC1. The van der Waals surface area contributed by atoms with Gasteiger partial charge in [0, 0.05) is 13.1 Å². The fourth-order valence-corrected chi connectivity index (χ4v) is 6.35. The van der Waals surface area contributed by atoms with Crippen LogP contribution in [0.4, 0.5) is 0 Å². The lowest BCUT2D eigenvalue weighted by atomic mass is 9.73. The van der Waals surface area contributed by atoms with Crippen LogP contribution in [0.25, 0.3) is 0 Å². The summed E-state index contributed by atoms with van der Waals surface area (Å²) < 4.78 is 0. The summed E-state index contributed by atoms with van der Waals surface area (Å²) in [6, 6.07) is 0. The molecule has 216 valence electrons.